The highest BCUT2D eigenvalue weighted by Gasteiger charge is 1.99. The van der Waals surface area contributed by atoms with E-state index in [1.165, 1.54) is 12.6 Å². The third kappa shape index (κ3) is 2.64. The van der Waals surface area contributed by atoms with E-state index in [4.69, 9.17) is 5.84 Å². The van der Waals surface area contributed by atoms with Crippen molar-refractivity contribution in [3.05, 3.63) is 24.6 Å². The monoisotopic (exact) mass is 221 g/mol. The molecule has 0 bridgehead atoms. The second kappa shape index (κ2) is 5.03. The molecule has 16 heavy (non-hydrogen) atoms. The second-order valence-corrected chi connectivity index (χ2v) is 2.96. The topological polar surface area (TPSA) is 115 Å². The molecule has 2 heterocycles. The number of nitrogens with two attached hydrogens (primary N) is 1. The molecule has 0 aliphatic rings. The molecule has 0 radical (unpaired) electrons. The molecule has 4 N–H and O–H groups in total. The van der Waals surface area contributed by atoms with Crippen molar-refractivity contribution in [1.82, 2.24) is 20.1 Å². The average Bonchev–Trinajstić information content (AvgIpc) is 2.82. The van der Waals surface area contributed by atoms with Crippen LogP contribution in [0.5, 0.6) is 0 Å². The fourth-order valence-electron chi connectivity index (χ4n) is 1.13. The number of rotatable bonds is 5. The molecular weight excluding hydrogens is 210 g/mol. The first-order valence-electron chi connectivity index (χ1n) is 4.66. The summed E-state index contributed by atoms with van der Waals surface area (Å²) in [5.74, 6) is 7.00. The van der Waals surface area contributed by atoms with Gasteiger partial charge >= 0.3 is 0 Å². The summed E-state index contributed by atoms with van der Waals surface area (Å²) in [5.41, 5.74) is 2.42. The summed E-state index contributed by atoms with van der Waals surface area (Å²) in [6, 6.07) is 0. The molecule has 84 valence electrons. The Bertz CT molecular complexity index is 430. The second-order valence-electron chi connectivity index (χ2n) is 2.96. The molecule has 0 spiro atoms. The highest BCUT2D eigenvalue weighted by atomic mass is 16.5. The molecular formula is C8H11N7O. The van der Waals surface area contributed by atoms with Crippen molar-refractivity contribution >= 4 is 11.6 Å². The maximum Gasteiger partial charge on any atom is 0.213 e. The Hall–Kier alpha value is -2.22. The third-order valence-corrected chi connectivity index (χ3v) is 1.84. The molecule has 8 nitrogen and oxygen atoms in total. The van der Waals surface area contributed by atoms with Gasteiger partial charge in [0.1, 0.15) is 5.82 Å². The van der Waals surface area contributed by atoms with Gasteiger partial charge in [0.05, 0.1) is 12.4 Å². The standard InChI is InChI=1S/C8H11N7O/c9-14-8-4-10-3-7(13-8)11-2-1-6-12-5-16-15-6/h3-5H,1-2,9H2,(H2,11,13,14). The first-order chi connectivity index (χ1) is 7.88. The number of hydrogen-bond donors (Lipinski definition) is 3. The van der Waals surface area contributed by atoms with Gasteiger partial charge in [-0.05, 0) is 0 Å². The molecule has 0 aliphatic heterocycles. The molecule has 0 unspecified atom stereocenters. The normalized spacial score (nSPS) is 10.1. The molecule has 2 aromatic heterocycles. The molecule has 2 aromatic rings. The highest BCUT2D eigenvalue weighted by Crippen LogP contribution is 2.04. The summed E-state index contributed by atoms with van der Waals surface area (Å²) in [6.07, 6.45) is 5.09. The van der Waals surface area contributed by atoms with Gasteiger partial charge in [-0.25, -0.2) is 10.8 Å². The predicted octanol–water partition coefficient (Wildman–Crippen LogP) is -0.200. The van der Waals surface area contributed by atoms with Crippen LogP contribution >= 0.6 is 0 Å². The lowest BCUT2D eigenvalue weighted by atomic mass is 10.4. The van der Waals surface area contributed by atoms with Crippen molar-refractivity contribution in [2.45, 2.75) is 6.42 Å². The van der Waals surface area contributed by atoms with Gasteiger partial charge < -0.3 is 15.3 Å². The minimum absolute atomic E-state index is 0.504. The molecule has 0 atom stereocenters. The van der Waals surface area contributed by atoms with Crippen molar-refractivity contribution in [1.29, 1.82) is 0 Å². The average molecular weight is 221 g/mol. The quantitative estimate of drug-likeness (QED) is 0.469. The van der Waals surface area contributed by atoms with E-state index in [-0.39, 0.29) is 0 Å². The first-order valence-corrected chi connectivity index (χ1v) is 4.66. The lowest BCUT2D eigenvalue weighted by molar-refractivity contribution is 0.410. The van der Waals surface area contributed by atoms with Crippen LogP contribution in [-0.2, 0) is 6.42 Å². The van der Waals surface area contributed by atoms with Gasteiger partial charge in [-0.15, -0.1) is 0 Å². The van der Waals surface area contributed by atoms with Crippen molar-refractivity contribution in [3.63, 3.8) is 0 Å². The Balaban J connectivity index is 1.85. The van der Waals surface area contributed by atoms with Gasteiger partial charge in [0, 0.05) is 13.0 Å². The van der Waals surface area contributed by atoms with Gasteiger partial charge in [0.2, 0.25) is 6.39 Å². The molecule has 0 amide bonds. The molecule has 2 rings (SSSR count). The number of nitrogen functional groups attached to an aromatic ring is 1. The predicted molar refractivity (Wildman–Crippen MR) is 56.3 cm³/mol. The summed E-state index contributed by atoms with van der Waals surface area (Å²) >= 11 is 0. The van der Waals surface area contributed by atoms with Crippen LogP contribution in [0, 0.1) is 0 Å². The van der Waals surface area contributed by atoms with Gasteiger partial charge in [-0.3, -0.25) is 4.98 Å². The Labute approximate surface area is 91.3 Å². The minimum Gasteiger partial charge on any atom is -0.368 e. The zero-order valence-corrected chi connectivity index (χ0v) is 8.42. The number of nitrogens with one attached hydrogen (secondary N) is 2. The molecule has 0 saturated carbocycles. The lowest BCUT2D eigenvalue weighted by Gasteiger charge is -2.04. The van der Waals surface area contributed by atoms with Gasteiger partial charge in [-0.2, -0.15) is 4.98 Å². The Morgan fingerprint density at radius 3 is 2.94 bits per heavy atom. The van der Waals surface area contributed by atoms with Crippen LogP contribution in [0.2, 0.25) is 0 Å². The number of anilines is 2. The SMILES string of the molecule is NNc1cncc(NCCc2ncon2)n1. The van der Waals surface area contributed by atoms with Crippen molar-refractivity contribution < 1.29 is 4.52 Å². The summed E-state index contributed by atoms with van der Waals surface area (Å²) in [7, 11) is 0. The van der Waals surface area contributed by atoms with Crippen LogP contribution < -0.4 is 16.6 Å². The van der Waals surface area contributed by atoms with Crippen LogP contribution in [0.1, 0.15) is 5.82 Å². The largest absolute Gasteiger partial charge is 0.368 e. The minimum atomic E-state index is 0.504. The summed E-state index contributed by atoms with van der Waals surface area (Å²) in [6.45, 7) is 0.641. The van der Waals surface area contributed by atoms with E-state index in [1.807, 2.05) is 0 Å². The van der Waals surface area contributed by atoms with Gasteiger partial charge in [0.25, 0.3) is 0 Å². The number of aromatic nitrogens is 4. The summed E-state index contributed by atoms with van der Waals surface area (Å²) in [4.78, 5) is 12.0. The van der Waals surface area contributed by atoms with Crippen LogP contribution in [0.25, 0.3) is 0 Å². The molecule has 0 aromatic carbocycles. The summed E-state index contributed by atoms with van der Waals surface area (Å²) in [5, 5.41) is 6.75. The van der Waals surface area contributed by atoms with E-state index in [1.54, 1.807) is 6.20 Å². The maximum atomic E-state index is 5.21. The number of nitrogens with zero attached hydrogens (tertiary/aromatic N) is 4. The maximum absolute atomic E-state index is 5.21. The Kier molecular flexibility index (Phi) is 3.24. The molecule has 0 aliphatic carbocycles. The Morgan fingerprint density at radius 1 is 1.31 bits per heavy atom. The van der Waals surface area contributed by atoms with Crippen molar-refractivity contribution in [2.75, 3.05) is 17.3 Å². The third-order valence-electron chi connectivity index (χ3n) is 1.84. The van der Waals surface area contributed by atoms with Crippen LogP contribution in [0.3, 0.4) is 0 Å². The fraction of sp³-hybridized carbons (Fsp3) is 0.250. The van der Waals surface area contributed by atoms with E-state index in [2.05, 4.69) is 35.4 Å². The summed E-state index contributed by atoms with van der Waals surface area (Å²) < 4.78 is 4.61. The van der Waals surface area contributed by atoms with E-state index >= 15 is 0 Å². The van der Waals surface area contributed by atoms with Crippen LogP contribution in [0.4, 0.5) is 11.6 Å². The fourth-order valence-corrected chi connectivity index (χ4v) is 1.13. The van der Waals surface area contributed by atoms with Gasteiger partial charge in [-0.1, -0.05) is 5.16 Å². The number of hydrazine groups is 1. The zero-order valence-electron chi connectivity index (χ0n) is 8.42. The van der Waals surface area contributed by atoms with E-state index in [0.29, 0.717) is 30.4 Å². The van der Waals surface area contributed by atoms with Crippen LogP contribution in [0.15, 0.2) is 23.3 Å². The van der Waals surface area contributed by atoms with E-state index in [9.17, 15) is 0 Å². The molecule has 8 heteroatoms. The van der Waals surface area contributed by atoms with Crippen molar-refractivity contribution in [2.24, 2.45) is 5.84 Å². The zero-order chi connectivity index (χ0) is 11.2. The smallest absolute Gasteiger partial charge is 0.213 e. The van der Waals surface area contributed by atoms with Gasteiger partial charge in [0.15, 0.2) is 11.6 Å². The van der Waals surface area contributed by atoms with Crippen LogP contribution in [-0.4, -0.2) is 26.7 Å². The molecule has 0 saturated heterocycles. The lowest BCUT2D eigenvalue weighted by Crippen LogP contribution is -2.12. The molecule has 0 fully saturated rings. The van der Waals surface area contributed by atoms with Crippen molar-refractivity contribution in [3.8, 4) is 0 Å². The number of hydrogen-bond acceptors (Lipinski definition) is 8. The van der Waals surface area contributed by atoms with E-state index < -0.39 is 0 Å². The first kappa shape index (κ1) is 10.3. The Morgan fingerprint density at radius 2 is 2.19 bits per heavy atom. The highest BCUT2D eigenvalue weighted by molar-refractivity contribution is 5.40. The van der Waals surface area contributed by atoms with E-state index in [0.717, 1.165) is 0 Å².